The summed E-state index contributed by atoms with van der Waals surface area (Å²) in [6.45, 7) is 4.87. The lowest BCUT2D eigenvalue weighted by molar-refractivity contribution is -0.137. The molecule has 8 heteroatoms. The highest BCUT2D eigenvalue weighted by Gasteiger charge is 2.32. The monoisotopic (exact) mass is 489 g/mol. The number of nitrogens with zero attached hydrogens (tertiary/aromatic N) is 1. The molecule has 1 aromatic heterocycles. The van der Waals surface area contributed by atoms with Crippen molar-refractivity contribution in [2.24, 2.45) is 5.92 Å². The Morgan fingerprint density at radius 1 is 1.06 bits per heavy atom. The van der Waals surface area contributed by atoms with E-state index in [9.17, 15) is 18.0 Å². The van der Waals surface area contributed by atoms with Crippen molar-refractivity contribution in [2.75, 3.05) is 11.9 Å². The van der Waals surface area contributed by atoms with Crippen molar-refractivity contribution in [3.05, 3.63) is 69.9 Å². The first kappa shape index (κ1) is 24.3. The van der Waals surface area contributed by atoms with Crippen molar-refractivity contribution < 1.29 is 18.0 Å². The van der Waals surface area contributed by atoms with Crippen LogP contribution in [0.1, 0.15) is 52.9 Å². The Bertz CT molecular complexity index is 1200. The Hall–Kier alpha value is -2.80. The highest BCUT2D eigenvalue weighted by Crippen LogP contribution is 2.33. The fraction of sp³-hybridized carbons (Fsp3) is 0.385. The van der Waals surface area contributed by atoms with E-state index in [-0.39, 0.29) is 16.6 Å². The largest absolute Gasteiger partial charge is 0.416 e. The summed E-state index contributed by atoms with van der Waals surface area (Å²) in [7, 11) is 0. The van der Waals surface area contributed by atoms with Gasteiger partial charge >= 0.3 is 6.18 Å². The van der Waals surface area contributed by atoms with E-state index >= 15 is 0 Å². The van der Waals surface area contributed by atoms with Crippen molar-refractivity contribution >= 4 is 34.1 Å². The van der Waals surface area contributed by atoms with Crippen molar-refractivity contribution in [3.8, 4) is 0 Å². The molecule has 0 unspecified atom stereocenters. The molecule has 34 heavy (non-hydrogen) atoms. The molecule has 1 aliphatic carbocycles. The molecule has 0 atom stereocenters. The number of rotatable bonds is 5. The van der Waals surface area contributed by atoms with Crippen LogP contribution in [-0.4, -0.2) is 23.5 Å². The predicted octanol–water partition coefficient (Wildman–Crippen LogP) is 6.92. The molecule has 0 aliphatic heterocycles. The molecule has 1 amide bonds. The SMILES string of the molecule is Cc1ccc2c(NCC3CCC(NC(=O)c4cc(C(F)(F)F)ccc4Cl)CC3)c(C)ccc2n1. The molecule has 1 aliphatic rings. The minimum Gasteiger partial charge on any atom is -0.384 e. The summed E-state index contributed by atoms with van der Waals surface area (Å²) in [6, 6.07) is 10.9. The summed E-state index contributed by atoms with van der Waals surface area (Å²) in [5, 5.41) is 7.59. The van der Waals surface area contributed by atoms with E-state index in [4.69, 9.17) is 11.6 Å². The van der Waals surface area contributed by atoms with Crippen molar-refractivity contribution in [1.82, 2.24) is 10.3 Å². The van der Waals surface area contributed by atoms with Crippen molar-refractivity contribution in [2.45, 2.75) is 51.7 Å². The third kappa shape index (κ3) is 5.46. The zero-order valence-corrected chi connectivity index (χ0v) is 19.9. The summed E-state index contributed by atoms with van der Waals surface area (Å²) in [5.74, 6) is -0.120. The second-order valence-corrected chi connectivity index (χ2v) is 9.45. The summed E-state index contributed by atoms with van der Waals surface area (Å²) < 4.78 is 39.0. The van der Waals surface area contributed by atoms with Gasteiger partial charge in [0.2, 0.25) is 0 Å². The fourth-order valence-corrected chi connectivity index (χ4v) is 4.75. The van der Waals surface area contributed by atoms with E-state index in [1.54, 1.807) is 0 Å². The normalized spacial score (nSPS) is 18.6. The zero-order chi connectivity index (χ0) is 24.5. The number of benzene rings is 2. The second kappa shape index (κ2) is 9.82. The van der Waals surface area contributed by atoms with Gasteiger partial charge in [-0.05, 0) is 87.4 Å². The molecule has 1 fully saturated rings. The molecule has 0 saturated heterocycles. The molecule has 1 heterocycles. The molecule has 0 bridgehead atoms. The van der Waals surface area contributed by atoms with E-state index in [1.165, 1.54) is 0 Å². The Morgan fingerprint density at radius 2 is 1.79 bits per heavy atom. The van der Waals surface area contributed by atoms with Crippen LogP contribution in [0.5, 0.6) is 0 Å². The molecule has 4 nitrogen and oxygen atoms in total. The number of hydrogen-bond donors (Lipinski definition) is 2. The van der Waals surface area contributed by atoms with Gasteiger partial charge in [-0.1, -0.05) is 17.7 Å². The molecule has 2 N–H and O–H groups in total. The Labute approximate surface area is 201 Å². The van der Waals surface area contributed by atoms with Crippen LogP contribution in [0.15, 0.2) is 42.5 Å². The van der Waals surface area contributed by atoms with E-state index in [0.717, 1.165) is 78.3 Å². The number of nitrogens with one attached hydrogen (secondary N) is 2. The van der Waals surface area contributed by atoms with Gasteiger partial charge in [0.1, 0.15) is 0 Å². The summed E-state index contributed by atoms with van der Waals surface area (Å²) in [5.41, 5.74) is 3.18. The standard InChI is InChI=1S/C26H27ClF3N3O/c1-15-3-12-23-20(10-4-16(2)32-23)24(15)31-14-17-5-8-19(9-6-17)33-25(34)21-13-18(26(28,29)30)7-11-22(21)27/h3-4,7,10-13,17,19,31H,5-6,8-9,14H2,1-2H3,(H,33,34). The van der Waals surface area contributed by atoms with Gasteiger partial charge in [0.15, 0.2) is 0 Å². The highest BCUT2D eigenvalue weighted by molar-refractivity contribution is 6.33. The van der Waals surface area contributed by atoms with Gasteiger partial charge in [0.05, 0.1) is 21.7 Å². The van der Waals surface area contributed by atoms with Crippen LogP contribution in [0.4, 0.5) is 18.9 Å². The molecule has 1 saturated carbocycles. The summed E-state index contributed by atoms with van der Waals surface area (Å²) in [6.07, 6.45) is -1.17. The number of fused-ring (bicyclic) bond motifs is 1. The molecule has 180 valence electrons. The Kier molecular flexibility index (Phi) is 7.03. The lowest BCUT2D eigenvalue weighted by atomic mass is 9.85. The number of halogens is 4. The van der Waals surface area contributed by atoms with Gasteiger partial charge in [0.25, 0.3) is 5.91 Å². The van der Waals surface area contributed by atoms with Crippen LogP contribution in [0.3, 0.4) is 0 Å². The first-order valence-electron chi connectivity index (χ1n) is 11.4. The summed E-state index contributed by atoms with van der Waals surface area (Å²) >= 11 is 6.00. The summed E-state index contributed by atoms with van der Waals surface area (Å²) in [4.78, 5) is 17.2. The molecule has 0 spiro atoms. The number of amides is 1. The van der Waals surface area contributed by atoms with Gasteiger partial charge in [-0.2, -0.15) is 13.2 Å². The highest BCUT2D eigenvalue weighted by atomic mass is 35.5. The predicted molar refractivity (Wildman–Crippen MR) is 129 cm³/mol. The maximum atomic E-state index is 13.0. The average molecular weight is 490 g/mol. The van der Waals surface area contributed by atoms with Gasteiger partial charge in [0, 0.05) is 29.4 Å². The van der Waals surface area contributed by atoms with Crippen LogP contribution in [0.25, 0.3) is 10.9 Å². The first-order chi connectivity index (χ1) is 16.1. The Morgan fingerprint density at radius 3 is 2.50 bits per heavy atom. The van der Waals surface area contributed by atoms with Crippen LogP contribution < -0.4 is 10.6 Å². The van der Waals surface area contributed by atoms with Crippen LogP contribution in [0, 0.1) is 19.8 Å². The number of carbonyl (C=O) groups excluding carboxylic acids is 1. The van der Waals surface area contributed by atoms with E-state index in [0.29, 0.717) is 5.92 Å². The van der Waals surface area contributed by atoms with E-state index in [2.05, 4.69) is 34.7 Å². The van der Waals surface area contributed by atoms with Gasteiger partial charge in [-0.25, -0.2) is 0 Å². The van der Waals surface area contributed by atoms with E-state index < -0.39 is 17.6 Å². The number of aromatic nitrogens is 1. The fourth-order valence-electron chi connectivity index (χ4n) is 4.55. The molecule has 4 rings (SSSR count). The first-order valence-corrected chi connectivity index (χ1v) is 11.8. The minimum atomic E-state index is -4.53. The smallest absolute Gasteiger partial charge is 0.384 e. The Balaban J connectivity index is 1.34. The van der Waals surface area contributed by atoms with Crippen molar-refractivity contribution in [1.29, 1.82) is 0 Å². The lowest BCUT2D eigenvalue weighted by Gasteiger charge is -2.30. The lowest BCUT2D eigenvalue weighted by Crippen LogP contribution is -2.38. The topological polar surface area (TPSA) is 54.0 Å². The number of alkyl halides is 3. The third-order valence-electron chi connectivity index (χ3n) is 6.51. The minimum absolute atomic E-state index is 0.0125. The number of carbonyl (C=O) groups is 1. The zero-order valence-electron chi connectivity index (χ0n) is 19.1. The molecular formula is C26H27ClF3N3O. The van der Waals surface area contributed by atoms with Crippen molar-refractivity contribution in [3.63, 3.8) is 0 Å². The van der Waals surface area contributed by atoms with Crippen LogP contribution in [-0.2, 0) is 6.18 Å². The van der Waals surface area contributed by atoms with Gasteiger partial charge < -0.3 is 10.6 Å². The molecule has 3 aromatic rings. The number of anilines is 1. The maximum Gasteiger partial charge on any atom is 0.416 e. The quantitative estimate of drug-likeness (QED) is 0.409. The van der Waals surface area contributed by atoms with Gasteiger partial charge in [-0.3, -0.25) is 9.78 Å². The van der Waals surface area contributed by atoms with Crippen LogP contribution in [0.2, 0.25) is 5.02 Å². The molecule has 2 aromatic carbocycles. The van der Waals surface area contributed by atoms with Crippen LogP contribution >= 0.6 is 11.6 Å². The number of pyridine rings is 1. The third-order valence-corrected chi connectivity index (χ3v) is 6.84. The number of hydrogen-bond acceptors (Lipinski definition) is 3. The second-order valence-electron chi connectivity index (χ2n) is 9.04. The van der Waals surface area contributed by atoms with E-state index in [1.807, 2.05) is 19.1 Å². The number of aryl methyl sites for hydroxylation is 2. The average Bonchev–Trinajstić information content (AvgIpc) is 2.79. The maximum absolute atomic E-state index is 13.0. The molecule has 0 radical (unpaired) electrons. The van der Waals surface area contributed by atoms with Gasteiger partial charge in [-0.15, -0.1) is 0 Å². The molecular weight excluding hydrogens is 463 g/mol.